The van der Waals surface area contributed by atoms with Crippen LogP contribution in [0.1, 0.15) is 92.4 Å². The smallest absolute Gasteiger partial charge is 0.307 e. The summed E-state index contributed by atoms with van der Waals surface area (Å²) in [7, 11) is -3.81. The van der Waals surface area contributed by atoms with Crippen LogP contribution in [-0.4, -0.2) is 83.7 Å². The topological polar surface area (TPSA) is 156 Å². The van der Waals surface area contributed by atoms with Crippen molar-refractivity contribution in [3.63, 3.8) is 0 Å². The maximum atomic E-state index is 14.1. The van der Waals surface area contributed by atoms with Gasteiger partial charge < -0.3 is 19.5 Å². The Kier molecular flexibility index (Phi) is 9.59. The lowest BCUT2D eigenvalue weighted by atomic mass is 9.90. The van der Waals surface area contributed by atoms with Crippen LogP contribution in [0.3, 0.4) is 0 Å². The highest BCUT2D eigenvalue weighted by Crippen LogP contribution is 2.57. The first-order valence-electron chi connectivity index (χ1n) is 15.2. The molecule has 236 valence electrons. The van der Waals surface area contributed by atoms with E-state index in [9.17, 15) is 32.7 Å². The van der Waals surface area contributed by atoms with Gasteiger partial charge in [-0.15, -0.1) is 0 Å². The van der Waals surface area contributed by atoms with Crippen LogP contribution in [0, 0.1) is 17.3 Å². The van der Waals surface area contributed by atoms with E-state index in [2.05, 4.69) is 4.72 Å². The minimum Gasteiger partial charge on any atom is -0.460 e. The van der Waals surface area contributed by atoms with Crippen molar-refractivity contribution in [2.45, 2.75) is 128 Å². The molecule has 0 aromatic heterocycles. The molecular weight excluding hydrogens is 564 g/mol. The number of nitrogens with zero attached hydrogens (tertiary/aromatic N) is 1. The molecule has 4 rings (SSSR count). The number of aliphatic hydroxyl groups excluding tert-OH is 1. The predicted molar refractivity (Wildman–Crippen MR) is 153 cm³/mol. The second kappa shape index (κ2) is 12.4. The number of amides is 2. The molecule has 0 spiro atoms. The number of esters is 1. The van der Waals surface area contributed by atoms with E-state index in [0.29, 0.717) is 38.5 Å². The lowest BCUT2D eigenvalue weighted by Gasteiger charge is -2.33. The van der Waals surface area contributed by atoms with Crippen molar-refractivity contribution >= 4 is 33.6 Å². The van der Waals surface area contributed by atoms with E-state index >= 15 is 0 Å². The summed E-state index contributed by atoms with van der Waals surface area (Å²) in [6.45, 7) is 8.90. The summed E-state index contributed by atoms with van der Waals surface area (Å²) in [5.41, 5.74) is -1.99. The first kappa shape index (κ1) is 32.6. The van der Waals surface area contributed by atoms with E-state index in [1.165, 1.54) is 4.90 Å². The Morgan fingerprint density at radius 2 is 1.90 bits per heavy atom. The Bertz CT molecular complexity index is 1210. The van der Waals surface area contributed by atoms with E-state index in [1.54, 1.807) is 20.8 Å². The highest BCUT2D eigenvalue weighted by molar-refractivity contribution is 7.90. The molecule has 0 aromatic rings. The molecule has 2 aliphatic carbocycles. The van der Waals surface area contributed by atoms with E-state index in [1.807, 2.05) is 26.0 Å². The van der Waals surface area contributed by atoms with Crippen LogP contribution >= 0.6 is 0 Å². The molecular formula is C30H46N2O9S. The maximum absolute atomic E-state index is 14.1. The molecule has 2 amide bonds. The first-order chi connectivity index (χ1) is 19.6. The maximum Gasteiger partial charge on any atom is 0.307 e. The van der Waals surface area contributed by atoms with Crippen molar-refractivity contribution in [2.24, 2.45) is 17.3 Å². The molecule has 2 heterocycles. The van der Waals surface area contributed by atoms with Crippen LogP contribution in [-0.2, 0) is 38.7 Å². The summed E-state index contributed by atoms with van der Waals surface area (Å²) in [5, 5.41) is 9.99. The minimum absolute atomic E-state index is 0.00361. The Morgan fingerprint density at radius 1 is 1.21 bits per heavy atom. The predicted octanol–water partition coefficient (Wildman–Crippen LogP) is 2.40. The van der Waals surface area contributed by atoms with Crippen LogP contribution in [0.25, 0.3) is 0 Å². The van der Waals surface area contributed by atoms with Crippen molar-refractivity contribution in [3.8, 4) is 0 Å². The number of Topliss-reactive ketones (excluding diaryl/α,β-unsaturated/α-hetero) is 1. The number of nitrogens with one attached hydrogen (secondary N) is 1. The number of sulfonamides is 1. The second-order valence-corrected chi connectivity index (χ2v) is 15.4. The Balaban J connectivity index is 1.65. The first-order valence-corrected chi connectivity index (χ1v) is 16.7. The number of carbonyl (C=O) groups is 4. The number of ether oxygens (including phenoxy) is 2. The van der Waals surface area contributed by atoms with Gasteiger partial charge in [0.1, 0.15) is 5.60 Å². The summed E-state index contributed by atoms with van der Waals surface area (Å²) in [6.07, 6.45) is 4.44. The van der Waals surface area contributed by atoms with Gasteiger partial charge in [-0.25, -0.2) is 8.42 Å². The molecule has 2 aliphatic heterocycles. The molecule has 42 heavy (non-hydrogen) atoms. The minimum atomic E-state index is -3.81. The van der Waals surface area contributed by atoms with E-state index < -0.39 is 74.0 Å². The zero-order valence-electron chi connectivity index (χ0n) is 25.3. The molecule has 12 heteroatoms. The summed E-state index contributed by atoms with van der Waals surface area (Å²) in [4.78, 5) is 55.6. The van der Waals surface area contributed by atoms with Gasteiger partial charge in [0.15, 0.2) is 5.78 Å². The fourth-order valence-electron chi connectivity index (χ4n) is 6.20. The summed E-state index contributed by atoms with van der Waals surface area (Å²) >= 11 is 0. The van der Waals surface area contributed by atoms with Crippen LogP contribution in [0.2, 0.25) is 0 Å². The largest absolute Gasteiger partial charge is 0.460 e. The number of allylic oxidation sites excluding steroid dienone is 2. The van der Waals surface area contributed by atoms with Crippen molar-refractivity contribution in [1.82, 2.24) is 9.62 Å². The third-order valence-electron chi connectivity index (χ3n) is 8.70. The van der Waals surface area contributed by atoms with Crippen LogP contribution in [0.15, 0.2) is 12.2 Å². The average Bonchev–Trinajstić information content (AvgIpc) is 3.80. The number of hydrogen-bond acceptors (Lipinski definition) is 9. The van der Waals surface area contributed by atoms with Gasteiger partial charge in [0, 0.05) is 19.4 Å². The molecule has 11 nitrogen and oxygen atoms in total. The number of fused-ring (bicyclic) bond motifs is 2. The fraction of sp³-hybridized carbons (Fsp3) is 0.800. The van der Waals surface area contributed by atoms with Gasteiger partial charge in [0.2, 0.25) is 21.8 Å². The van der Waals surface area contributed by atoms with Crippen molar-refractivity contribution in [1.29, 1.82) is 0 Å². The normalized spacial score (nSPS) is 35.3. The van der Waals surface area contributed by atoms with Crippen molar-refractivity contribution < 1.29 is 42.2 Å². The molecule has 0 radical (unpaired) electrons. The van der Waals surface area contributed by atoms with E-state index in [-0.39, 0.29) is 37.8 Å². The summed E-state index contributed by atoms with van der Waals surface area (Å²) < 4.78 is 39.2. The van der Waals surface area contributed by atoms with Gasteiger partial charge in [-0.3, -0.25) is 23.9 Å². The monoisotopic (exact) mass is 610 g/mol. The van der Waals surface area contributed by atoms with Crippen LogP contribution in [0.5, 0.6) is 0 Å². The summed E-state index contributed by atoms with van der Waals surface area (Å²) in [6, 6.07) is -1.01. The molecule has 0 aromatic carbocycles. The zero-order chi connectivity index (χ0) is 31.0. The van der Waals surface area contributed by atoms with Gasteiger partial charge in [-0.2, -0.15) is 0 Å². The van der Waals surface area contributed by atoms with Gasteiger partial charge in [0.05, 0.1) is 47.4 Å². The molecule has 3 fully saturated rings. The average molecular weight is 611 g/mol. The molecule has 0 unspecified atom stereocenters. The van der Waals surface area contributed by atoms with Gasteiger partial charge in [0.25, 0.3) is 0 Å². The van der Waals surface area contributed by atoms with E-state index in [4.69, 9.17) is 9.47 Å². The number of rotatable bonds is 6. The SMILES string of the molecule is CC[C@@H]1O[C@H](C)CC/C=C\[C@@H]2C[C@@]2(C(=O)NS(=O)(=O)C2CC2)CC(=O)[C@@H]2C[C@@H](O)CN2C(=O)[C@H]1CC(=O)OC(C)(C)C. The van der Waals surface area contributed by atoms with Gasteiger partial charge in [-0.1, -0.05) is 19.1 Å². The van der Waals surface area contributed by atoms with E-state index in [0.717, 1.165) is 0 Å². The number of hydrogen-bond donors (Lipinski definition) is 2. The fourth-order valence-corrected chi connectivity index (χ4v) is 7.59. The standard InChI is InChI=1S/C30H46N2O9S/c1-6-25-22(14-26(35)41-29(3,4)5)27(36)32-17-20(33)13-23(32)24(34)16-30(28(37)31-42(38,39)21-11-12-21)15-19(30)10-8-7-9-18(2)40-25/h8,10,18-23,25,33H,6-7,9,11-17H2,1-5H3,(H,31,37)/b10-8-/t18-,19-,20-,22+,23+,25+,30-/m1/s1. The molecule has 1 saturated heterocycles. The molecule has 2 saturated carbocycles. The Morgan fingerprint density at radius 3 is 2.52 bits per heavy atom. The molecule has 0 bridgehead atoms. The number of aliphatic hydroxyl groups is 1. The number of carbonyl (C=O) groups excluding carboxylic acids is 4. The highest BCUT2D eigenvalue weighted by atomic mass is 32.2. The lowest BCUT2D eigenvalue weighted by Crippen LogP contribution is -2.49. The Labute approximate surface area is 248 Å². The summed E-state index contributed by atoms with van der Waals surface area (Å²) in [5.74, 6) is -3.41. The third kappa shape index (κ3) is 7.60. The third-order valence-corrected chi connectivity index (χ3v) is 10.5. The number of ketones is 1. The molecule has 4 aliphatic rings. The van der Waals surface area contributed by atoms with Crippen molar-refractivity contribution in [3.05, 3.63) is 12.2 Å². The second-order valence-electron chi connectivity index (χ2n) is 13.5. The Hall–Kier alpha value is -2.31. The van der Waals surface area contributed by atoms with Gasteiger partial charge >= 0.3 is 5.97 Å². The molecule has 7 atom stereocenters. The quantitative estimate of drug-likeness (QED) is 0.341. The zero-order valence-corrected chi connectivity index (χ0v) is 26.2. The highest BCUT2D eigenvalue weighted by Gasteiger charge is 2.61. The van der Waals surface area contributed by atoms with Crippen molar-refractivity contribution in [2.75, 3.05) is 6.54 Å². The van der Waals surface area contributed by atoms with Gasteiger partial charge in [-0.05, 0) is 72.1 Å². The van der Waals surface area contributed by atoms with Crippen LogP contribution < -0.4 is 4.72 Å². The van der Waals surface area contributed by atoms with Crippen LogP contribution in [0.4, 0.5) is 0 Å². The molecule has 2 N–H and O–H groups in total. The lowest BCUT2D eigenvalue weighted by molar-refractivity contribution is -0.163.